The molecule has 18 heavy (non-hydrogen) atoms. The van der Waals surface area contributed by atoms with Gasteiger partial charge in [0.1, 0.15) is 0 Å². The smallest absolute Gasteiger partial charge is 0.305 e. The number of rotatable bonds is 5. The van der Waals surface area contributed by atoms with E-state index >= 15 is 0 Å². The molecule has 1 saturated carbocycles. The Morgan fingerprint density at radius 2 is 2.11 bits per heavy atom. The Morgan fingerprint density at radius 1 is 1.39 bits per heavy atom. The van der Waals surface area contributed by atoms with Gasteiger partial charge < -0.3 is 10.0 Å². The van der Waals surface area contributed by atoms with E-state index in [9.17, 15) is 9.59 Å². The molecule has 0 bridgehead atoms. The Labute approximate surface area is 114 Å². The highest BCUT2D eigenvalue weighted by molar-refractivity contribution is 9.10. The van der Waals surface area contributed by atoms with E-state index in [1.54, 1.807) is 23.1 Å². The normalized spacial score (nSPS) is 14.3. The largest absolute Gasteiger partial charge is 0.481 e. The zero-order chi connectivity index (χ0) is 13.1. The molecule has 1 aromatic carbocycles. The SMILES string of the molecule is O=C(O)CCN(C(=O)c1cccc(Br)c1)C1CC1. The lowest BCUT2D eigenvalue weighted by Crippen LogP contribution is -2.35. The molecular weight excluding hydrogens is 298 g/mol. The summed E-state index contributed by atoms with van der Waals surface area (Å²) in [4.78, 5) is 24.6. The van der Waals surface area contributed by atoms with Gasteiger partial charge in [0.2, 0.25) is 0 Å². The summed E-state index contributed by atoms with van der Waals surface area (Å²) in [6.07, 6.45) is 1.94. The minimum atomic E-state index is -0.873. The third kappa shape index (κ3) is 3.32. The maximum Gasteiger partial charge on any atom is 0.305 e. The van der Waals surface area contributed by atoms with Crippen molar-refractivity contribution >= 4 is 27.8 Å². The van der Waals surface area contributed by atoms with Crippen molar-refractivity contribution < 1.29 is 14.7 Å². The van der Waals surface area contributed by atoms with Crippen molar-refractivity contribution in [2.45, 2.75) is 25.3 Å². The molecule has 1 aliphatic carbocycles. The van der Waals surface area contributed by atoms with Crippen molar-refractivity contribution in [1.29, 1.82) is 0 Å². The Hall–Kier alpha value is -1.36. The average molecular weight is 312 g/mol. The highest BCUT2D eigenvalue weighted by atomic mass is 79.9. The first-order valence-corrected chi connectivity index (χ1v) is 6.65. The second kappa shape index (κ2) is 5.52. The summed E-state index contributed by atoms with van der Waals surface area (Å²) >= 11 is 3.33. The highest BCUT2D eigenvalue weighted by Crippen LogP contribution is 2.28. The number of amides is 1. The molecule has 1 amide bonds. The predicted molar refractivity (Wildman–Crippen MR) is 70.5 cm³/mol. The number of carbonyl (C=O) groups is 2. The van der Waals surface area contributed by atoms with Crippen molar-refractivity contribution in [3.8, 4) is 0 Å². The number of carboxylic acids is 1. The van der Waals surface area contributed by atoms with Crippen molar-refractivity contribution in [2.24, 2.45) is 0 Å². The van der Waals surface area contributed by atoms with Gasteiger partial charge in [-0.25, -0.2) is 0 Å². The Bertz CT molecular complexity index is 471. The fraction of sp³-hybridized carbons (Fsp3) is 0.385. The second-order valence-corrected chi connectivity index (χ2v) is 5.30. The Kier molecular flexibility index (Phi) is 4.01. The molecule has 0 atom stereocenters. The molecule has 0 aliphatic heterocycles. The third-order valence-electron chi connectivity index (χ3n) is 2.89. The van der Waals surface area contributed by atoms with Crippen LogP contribution in [0.2, 0.25) is 0 Å². The number of benzene rings is 1. The molecule has 5 heteroatoms. The van der Waals surface area contributed by atoms with Gasteiger partial charge >= 0.3 is 5.97 Å². The summed E-state index contributed by atoms with van der Waals surface area (Å²) in [6, 6.07) is 7.40. The van der Waals surface area contributed by atoms with Gasteiger partial charge in [-0.3, -0.25) is 9.59 Å². The minimum Gasteiger partial charge on any atom is -0.481 e. The van der Waals surface area contributed by atoms with Gasteiger partial charge in [0.25, 0.3) is 5.91 Å². The molecule has 2 rings (SSSR count). The lowest BCUT2D eigenvalue weighted by molar-refractivity contribution is -0.137. The Balaban J connectivity index is 2.10. The predicted octanol–water partition coefficient (Wildman–Crippen LogP) is 2.53. The lowest BCUT2D eigenvalue weighted by Gasteiger charge is -2.21. The molecule has 96 valence electrons. The summed E-state index contributed by atoms with van der Waals surface area (Å²) in [5.74, 6) is -0.956. The number of hydrogen-bond donors (Lipinski definition) is 1. The summed E-state index contributed by atoms with van der Waals surface area (Å²) in [7, 11) is 0. The van der Waals surface area contributed by atoms with E-state index in [2.05, 4.69) is 15.9 Å². The maximum absolute atomic E-state index is 12.3. The summed E-state index contributed by atoms with van der Waals surface area (Å²) in [5.41, 5.74) is 0.599. The van der Waals surface area contributed by atoms with Gasteiger partial charge in [0, 0.05) is 22.6 Å². The molecule has 0 unspecified atom stereocenters. The van der Waals surface area contributed by atoms with Crippen LogP contribution in [-0.4, -0.2) is 34.5 Å². The number of aliphatic carboxylic acids is 1. The minimum absolute atomic E-state index is 0.00373. The molecule has 4 nitrogen and oxygen atoms in total. The van der Waals surface area contributed by atoms with E-state index in [-0.39, 0.29) is 24.9 Å². The molecule has 1 aromatic rings. The topological polar surface area (TPSA) is 57.6 Å². The van der Waals surface area contributed by atoms with Crippen LogP contribution < -0.4 is 0 Å². The van der Waals surface area contributed by atoms with Gasteiger partial charge in [-0.05, 0) is 31.0 Å². The van der Waals surface area contributed by atoms with Crippen molar-refractivity contribution in [2.75, 3.05) is 6.54 Å². The second-order valence-electron chi connectivity index (χ2n) is 4.38. The standard InChI is InChI=1S/C13H14BrNO3/c14-10-3-1-2-9(8-10)13(18)15(11-4-5-11)7-6-12(16)17/h1-3,8,11H,4-7H2,(H,16,17). The molecule has 0 saturated heterocycles. The summed E-state index contributed by atoms with van der Waals surface area (Å²) in [6.45, 7) is 0.283. The number of carboxylic acid groups (broad SMARTS) is 1. The molecule has 0 radical (unpaired) electrons. The molecule has 0 spiro atoms. The third-order valence-corrected chi connectivity index (χ3v) is 3.38. The molecule has 1 fully saturated rings. The van der Waals surface area contributed by atoms with Crippen molar-refractivity contribution in [1.82, 2.24) is 4.90 Å². The van der Waals surface area contributed by atoms with Crippen LogP contribution in [0.5, 0.6) is 0 Å². The zero-order valence-corrected chi connectivity index (χ0v) is 11.4. The fourth-order valence-electron chi connectivity index (χ4n) is 1.84. The molecular formula is C13H14BrNO3. The molecule has 1 aliphatic rings. The van der Waals surface area contributed by atoms with E-state index in [1.165, 1.54) is 0 Å². The van der Waals surface area contributed by atoms with E-state index in [4.69, 9.17) is 5.11 Å². The van der Waals surface area contributed by atoms with Gasteiger partial charge in [-0.15, -0.1) is 0 Å². The van der Waals surface area contributed by atoms with Crippen molar-refractivity contribution in [3.63, 3.8) is 0 Å². The Morgan fingerprint density at radius 3 is 2.67 bits per heavy atom. The van der Waals surface area contributed by atoms with E-state index in [1.807, 2.05) is 6.07 Å². The highest BCUT2D eigenvalue weighted by Gasteiger charge is 2.33. The maximum atomic E-state index is 12.3. The summed E-state index contributed by atoms with van der Waals surface area (Å²) < 4.78 is 0.849. The average Bonchev–Trinajstić information content (AvgIpc) is 3.13. The zero-order valence-electron chi connectivity index (χ0n) is 9.80. The van der Waals surface area contributed by atoms with Gasteiger partial charge in [-0.2, -0.15) is 0 Å². The molecule has 1 N–H and O–H groups in total. The van der Waals surface area contributed by atoms with Crippen LogP contribution in [0.25, 0.3) is 0 Å². The quantitative estimate of drug-likeness (QED) is 0.909. The van der Waals surface area contributed by atoms with Crippen LogP contribution in [0.15, 0.2) is 28.7 Å². The van der Waals surface area contributed by atoms with E-state index in [0.29, 0.717) is 5.56 Å². The first-order valence-electron chi connectivity index (χ1n) is 5.86. The van der Waals surface area contributed by atoms with Crippen LogP contribution >= 0.6 is 15.9 Å². The van der Waals surface area contributed by atoms with Gasteiger partial charge in [-0.1, -0.05) is 22.0 Å². The summed E-state index contributed by atoms with van der Waals surface area (Å²) in [5, 5.41) is 8.72. The van der Waals surface area contributed by atoms with E-state index < -0.39 is 5.97 Å². The number of carbonyl (C=O) groups excluding carboxylic acids is 1. The van der Waals surface area contributed by atoms with Crippen LogP contribution in [0, 0.1) is 0 Å². The van der Waals surface area contributed by atoms with Crippen LogP contribution in [-0.2, 0) is 4.79 Å². The fourth-order valence-corrected chi connectivity index (χ4v) is 2.24. The number of nitrogens with zero attached hydrogens (tertiary/aromatic N) is 1. The lowest BCUT2D eigenvalue weighted by atomic mass is 10.2. The van der Waals surface area contributed by atoms with Crippen LogP contribution in [0.1, 0.15) is 29.6 Å². The van der Waals surface area contributed by atoms with Crippen molar-refractivity contribution in [3.05, 3.63) is 34.3 Å². The first kappa shape index (κ1) is 13.1. The van der Waals surface area contributed by atoms with E-state index in [0.717, 1.165) is 17.3 Å². The number of hydrogen-bond acceptors (Lipinski definition) is 2. The van der Waals surface area contributed by atoms with Crippen LogP contribution in [0.3, 0.4) is 0 Å². The van der Waals surface area contributed by atoms with Gasteiger partial charge in [0.05, 0.1) is 6.42 Å². The first-order chi connectivity index (χ1) is 8.58. The van der Waals surface area contributed by atoms with Gasteiger partial charge in [0.15, 0.2) is 0 Å². The monoisotopic (exact) mass is 311 g/mol. The molecule has 0 heterocycles. The molecule has 0 aromatic heterocycles. The number of halogens is 1. The van der Waals surface area contributed by atoms with Crippen LogP contribution in [0.4, 0.5) is 0 Å².